The van der Waals surface area contributed by atoms with Crippen molar-refractivity contribution in [3.05, 3.63) is 48.6 Å². The zero-order chi connectivity index (χ0) is 15.5. The van der Waals surface area contributed by atoms with Gasteiger partial charge in [-0.05, 0) is 23.8 Å². The third kappa shape index (κ3) is 2.41. The number of nitrogens with one attached hydrogen (secondary N) is 1. The van der Waals surface area contributed by atoms with Gasteiger partial charge in [0, 0.05) is 29.1 Å². The van der Waals surface area contributed by atoms with E-state index in [1.807, 2.05) is 30.5 Å². The van der Waals surface area contributed by atoms with Crippen LogP contribution in [0.15, 0.2) is 47.2 Å². The van der Waals surface area contributed by atoms with E-state index in [0.29, 0.717) is 12.0 Å². The van der Waals surface area contributed by atoms with Crippen molar-refractivity contribution in [1.82, 2.24) is 4.98 Å². The number of carbonyl (C=O) groups is 2. The molecule has 2 heterocycles. The maximum atomic E-state index is 11.8. The zero-order valence-electron chi connectivity index (χ0n) is 12.0. The number of benzene rings is 1. The summed E-state index contributed by atoms with van der Waals surface area (Å²) >= 11 is 0. The summed E-state index contributed by atoms with van der Waals surface area (Å²) in [6.07, 6.45) is 4.20. The zero-order valence-corrected chi connectivity index (χ0v) is 12.0. The van der Waals surface area contributed by atoms with Crippen molar-refractivity contribution in [1.29, 1.82) is 0 Å². The molecule has 1 atom stereocenters. The maximum absolute atomic E-state index is 11.8. The fourth-order valence-electron chi connectivity index (χ4n) is 2.58. The summed E-state index contributed by atoms with van der Waals surface area (Å²) in [7, 11) is 1.30. The van der Waals surface area contributed by atoms with Gasteiger partial charge < -0.3 is 18.9 Å². The molecule has 0 fully saturated rings. The number of ether oxygens (including phenoxy) is 1. The van der Waals surface area contributed by atoms with Gasteiger partial charge >= 0.3 is 5.97 Å². The number of hydrogen-bond acceptors (Lipinski definition) is 4. The van der Waals surface area contributed by atoms with Gasteiger partial charge in [0.15, 0.2) is 0 Å². The molecular weight excluding hydrogens is 282 g/mol. The Bertz CT molecular complexity index is 815. The van der Waals surface area contributed by atoms with E-state index >= 15 is 0 Å². The van der Waals surface area contributed by atoms with Gasteiger partial charge in [0.05, 0.1) is 13.4 Å². The molecule has 0 saturated carbocycles. The summed E-state index contributed by atoms with van der Waals surface area (Å²) in [6.45, 7) is 0. The van der Waals surface area contributed by atoms with Crippen LogP contribution in [0, 0.1) is 0 Å². The Morgan fingerprint density at radius 3 is 3.05 bits per heavy atom. The van der Waals surface area contributed by atoms with Gasteiger partial charge in [0.2, 0.25) is 0 Å². The summed E-state index contributed by atoms with van der Waals surface area (Å²) in [4.78, 5) is 25.7. The molecule has 0 aliphatic carbocycles. The second-order valence-electron chi connectivity index (χ2n) is 4.96. The van der Waals surface area contributed by atoms with Gasteiger partial charge in [-0.25, -0.2) is 0 Å². The highest BCUT2D eigenvalue weighted by molar-refractivity contribution is 5.95. The van der Waals surface area contributed by atoms with E-state index in [0.717, 1.165) is 22.0 Å². The lowest BCUT2D eigenvalue weighted by atomic mass is 10.00. The van der Waals surface area contributed by atoms with Crippen LogP contribution in [0.1, 0.15) is 18.1 Å². The van der Waals surface area contributed by atoms with E-state index in [1.165, 1.54) is 7.11 Å². The number of fused-ring (bicyclic) bond motifs is 1. The van der Waals surface area contributed by atoms with Gasteiger partial charge in [-0.2, -0.15) is 0 Å². The number of rotatable bonds is 5. The molecule has 3 rings (SSSR count). The topological polar surface area (TPSA) is 72.3 Å². The van der Waals surface area contributed by atoms with E-state index in [2.05, 4.69) is 4.98 Å². The number of aldehydes is 1. The third-order valence-corrected chi connectivity index (χ3v) is 3.69. The first-order valence-corrected chi connectivity index (χ1v) is 6.91. The Labute approximate surface area is 126 Å². The quantitative estimate of drug-likeness (QED) is 0.579. The van der Waals surface area contributed by atoms with Crippen LogP contribution in [0.5, 0.6) is 0 Å². The molecule has 0 radical (unpaired) electrons. The highest BCUT2D eigenvalue weighted by Gasteiger charge is 2.25. The van der Waals surface area contributed by atoms with Crippen molar-refractivity contribution in [3.63, 3.8) is 0 Å². The molecule has 5 heteroatoms. The summed E-state index contributed by atoms with van der Waals surface area (Å²) in [5.41, 5.74) is 2.89. The summed E-state index contributed by atoms with van der Waals surface area (Å²) in [6, 6.07) is 9.69. The van der Waals surface area contributed by atoms with Crippen molar-refractivity contribution in [2.75, 3.05) is 7.11 Å². The van der Waals surface area contributed by atoms with E-state index in [4.69, 9.17) is 9.15 Å². The van der Waals surface area contributed by atoms with Crippen LogP contribution in [-0.4, -0.2) is 24.3 Å². The monoisotopic (exact) mass is 297 g/mol. The number of furan rings is 1. The smallest absolute Gasteiger partial charge is 0.316 e. The normalized spacial score (nSPS) is 12.2. The summed E-state index contributed by atoms with van der Waals surface area (Å²) in [5, 5.41) is 1.07. The van der Waals surface area contributed by atoms with Gasteiger partial charge in [0.1, 0.15) is 18.0 Å². The highest BCUT2D eigenvalue weighted by Crippen LogP contribution is 2.32. The Morgan fingerprint density at radius 2 is 2.27 bits per heavy atom. The van der Waals surface area contributed by atoms with Crippen LogP contribution in [-0.2, 0) is 14.3 Å². The minimum absolute atomic E-state index is 0.0357. The molecular formula is C17H15NO4. The predicted octanol–water partition coefficient (Wildman–Crippen LogP) is 3.27. The van der Waals surface area contributed by atoms with Crippen LogP contribution < -0.4 is 0 Å². The largest absolute Gasteiger partial charge is 0.468 e. The Morgan fingerprint density at radius 1 is 1.41 bits per heavy atom. The second-order valence-corrected chi connectivity index (χ2v) is 4.96. The summed E-state index contributed by atoms with van der Waals surface area (Å²) in [5.74, 6) is -0.754. The van der Waals surface area contributed by atoms with Gasteiger partial charge in [-0.3, -0.25) is 4.79 Å². The van der Waals surface area contributed by atoms with Crippen LogP contribution >= 0.6 is 0 Å². The number of H-pyrrole nitrogens is 1. The molecule has 0 saturated heterocycles. The lowest BCUT2D eigenvalue weighted by molar-refractivity contribution is -0.143. The van der Waals surface area contributed by atoms with Crippen LogP contribution in [0.4, 0.5) is 0 Å². The molecule has 0 amide bonds. The van der Waals surface area contributed by atoms with Crippen LogP contribution in [0.25, 0.3) is 22.0 Å². The number of carbonyl (C=O) groups excluding carboxylic acids is 2. The van der Waals surface area contributed by atoms with E-state index in [-0.39, 0.29) is 6.42 Å². The molecule has 0 bridgehead atoms. The first-order valence-electron chi connectivity index (χ1n) is 6.91. The average molecular weight is 297 g/mol. The summed E-state index contributed by atoms with van der Waals surface area (Å²) < 4.78 is 10.2. The van der Waals surface area contributed by atoms with Crippen molar-refractivity contribution in [2.24, 2.45) is 0 Å². The standard InChI is InChI=1S/C17H15NO4/c1-21-17(20)14(6-8-19)16-9-11(10-22-16)12-3-2-4-15-13(12)5-7-18-15/h2-5,7-10,14,18H,6H2,1H3. The van der Waals surface area contributed by atoms with Crippen molar-refractivity contribution in [3.8, 4) is 11.1 Å². The Hall–Kier alpha value is -2.82. The van der Waals surface area contributed by atoms with Crippen molar-refractivity contribution >= 4 is 23.2 Å². The predicted molar refractivity (Wildman–Crippen MR) is 81.4 cm³/mol. The molecule has 0 spiro atoms. The Balaban J connectivity index is 2.01. The average Bonchev–Trinajstić information content (AvgIpc) is 3.20. The molecule has 1 aromatic carbocycles. The molecule has 1 N–H and O–H groups in total. The third-order valence-electron chi connectivity index (χ3n) is 3.69. The molecule has 1 unspecified atom stereocenters. The van der Waals surface area contributed by atoms with Gasteiger partial charge in [-0.15, -0.1) is 0 Å². The Kier molecular flexibility index (Phi) is 3.78. The second kappa shape index (κ2) is 5.89. The molecule has 112 valence electrons. The minimum atomic E-state index is -0.707. The number of aromatic nitrogens is 1. The molecule has 3 aromatic rings. The maximum Gasteiger partial charge on any atom is 0.316 e. The van der Waals surface area contributed by atoms with E-state index < -0.39 is 11.9 Å². The van der Waals surface area contributed by atoms with Crippen LogP contribution in [0.3, 0.4) is 0 Å². The number of methoxy groups -OCH3 is 1. The van der Waals surface area contributed by atoms with E-state index in [1.54, 1.807) is 12.3 Å². The van der Waals surface area contributed by atoms with Gasteiger partial charge in [-0.1, -0.05) is 12.1 Å². The number of aromatic amines is 1. The van der Waals surface area contributed by atoms with Crippen LogP contribution in [0.2, 0.25) is 0 Å². The minimum Gasteiger partial charge on any atom is -0.468 e. The van der Waals surface area contributed by atoms with Crippen molar-refractivity contribution in [2.45, 2.75) is 12.3 Å². The van der Waals surface area contributed by atoms with Crippen molar-refractivity contribution < 1.29 is 18.7 Å². The SMILES string of the molecule is COC(=O)C(CC=O)c1cc(-c2cccc3[nH]ccc23)co1. The lowest BCUT2D eigenvalue weighted by Crippen LogP contribution is -2.14. The molecule has 0 aliphatic heterocycles. The fraction of sp³-hybridized carbons (Fsp3) is 0.176. The van der Waals surface area contributed by atoms with Gasteiger partial charge in [0.25, 0.3) is 0 Å². The first-order chi connectivity index (χ1) is 10.7. The lowest BCUT2D eigenvalue weighted by Gasteiger charge is -2.07. The molecule has 0 aliphatic rings. The number of esters is 1. The molecule has 22 heavy (non-hydrogen) atoms. The molecule has 2 aromatic heterocycles. The molecule has 5 nitrogen and oxygen atoms in total. The van der Waals surface area contributed by atoms with E-state index in [9.17, 15) is 9.59 Å². The number of hydrogen-bond donors (Lipinski definition) is 1. The fourth-order valence-corrected chi connectivity index (χ4v) is 2.58. The highest BCUT2D eigenvalue weighted by atomic mass is 16.5. The first kappa shape index (κ1) is 14.1.